The predicted octanol–water partition coefficient (Wildman–Crippen LogP) is 1.46. The highest BCUT2D eigenvalue weighted by atomic mass is 16.4. The summed E-state index contributed by atoms with van der Waals surface area (Å²) < 4.78 is 0. The number of oxime groups is 1. The van der Waals surface area contributed by atoms with Crippen molar-refractivity contribution in [3.8, 4) is 0 Å². The summed E-state index contributed by atoms with van der Waals surface area (Å²) in [7, 11) is 0. The van der Waals surface area contributed by atoms with E-state index in [-0.39, 0.29) is 11.7 Å². The maximum Gasteiger partial charge on any atom is 0.233 e. The molecule has 5 heteroatoms. The summed E-state index contributed by atoms with van der Waals surface area (Å²) in [5, 5.41) is 14.6. The maximum absolute atomic E-state index is 12.1. The SMILES string of the molecule is CCCC(CCC)(C(=O)NCC)C(N)=NO. The zero-order valence-electron chi connectivity index (χ0n) is 10.4. The molecule has 0 heterocycles. The average Bonchev–Trinajstić information content (AvgIpc) is 2.27. The average molecular weight is 229 g/mol. The summed E-state index contributed by atoms with van der Waals surface area (Å²) in [6, 6.07) is 0. The zero-order chi connectivity index (χ0) is 12.6. The highest BCUT2D eigenvalue weighted by Gasteiger charge is 2.40. The molecule has 0 aromatic rings. The smallest absolute Gasteiger partial charge is 0.233 e. The summed E-state index contributed by atoms with van der Waals surface area (Å²) in [6.45, 7) is 6.36. The Labute approximate surface area is 97.1 Å². The van der Waals surface area contributed by atoms with Crippen LogP contribution in [0.25, 0.3) is 0 Å². The summed E-state index contributed by atoms with van der Waals surface area (Å²) in [5.74, 6) is -0.129. The van der Waals surface area contributed by atoms with Gasteiger partial charge in [0, 0.05) is 6.54 Å². The van der Waals surface area contributed by atoms with E-state index in [4.69, 9.17) is 10.9 Å². The van der Waals surface area contributed by atoms with Gasteiger partial charge in [0.15, 0.2) is 5.84 Å². The first-order valence-corrected chi connectivity index (χ1v) is 5.85. The van der Waals surface area contributed by atoms with Gasteiger partial charge in [-0.2, -0.15) is 0 Å². The van der Waals surface area contributed by atoms with Crippen molar-refractivity contribution in [3.63, 3.8) is 0 Å². The molecule has 0 atom stereocenters. The van der Waals surface area contributed by atoms with E-state index in [9.17, 15) is 4.79 Å². The van der Waals surface area contributed by atoms with Crippen LogP contribution in [0.1, 0.15) is 46.5 Å². The molecule has 0 saturated heterocycles. The first-order chi connectivity index (χ1) is 7.58. The van der Waals surface area contributed by atoms with Crippen molar-refractivity contribution in [3.05, 3.63) is 0 Å². The lowest BCUT2D eigenvalue weighted by Crippen LogP contribution is -2.49. The number of carbonyl (C=O) groups excluding carboxylic acids is 1. The second-order valence-electron chi connectivity index (χ2n) is 3.93. The van der Waals surface area contributed by atoms with Crippen LogP contribution in [-0.4, -0.2) is 23.5 Å². The molecule has 0 saturated carbocycles. The number of amides is 1. The fraction of sp³-hybridized carbons (Fsp3) is 0.818. The van der Waals surface area contributed by atoms with Crippen LogP contribution in [0.15, 0.2) is 5.16 Å². The van der Waals surface area contributed by atoms with Gasteiger partial charge in [-0.1, -0.05) is 31.8 Å². The summed E-state index contributed by atoms with van der Waals surface area (Å²) >= 11 is 0. The van der Waals surface area contributed by atoms with Gasteiger partial charge in [0.1, 0.15) is 5.41 Å². The van der Waals surface area contributed by atoms with Gasteiger partial charge in [-0.05, 0) is 19.8 Å². The number of carbonyl (C=O) groups is 1. The molecule has 0 bridgehead atoms. The molecule has 0 aliphatic heterocycles. The molecule has 0 aliphatic carbocycles. The van der Waals surface area contributed by atoms with Gasteiger partial charge in [-0.25, -0.2) is 0 Å². The first-order valence-electron chi connectivity index (χ1n) is 5.85. The third kappa shape index (κ3) is 3.12. The molecule has 0 rings (SSSR count). The highest BCUT2D eigenvalue weighted by molar-refractivity contribution is 6.06. The normalized spacial score (nSPS) is 12.6. The Bertz CT molecular complexity index is 246. The van der Waals surface area contributed by atoms with Crippen LogP contribution < -0.4 is 11.1 Å². The fourth-order valence-electron chi connectivity index (χ4n) is 2.00. The molecule has 0 fully saturated rings. The highest BCUT2D eigenvalue weighted by Crippen LogP contribution is 2.30. The number of hydrogen-bond donors (Lipinski definition) is 3. The Morgan fingerprint density at radius 3 is 2.12 bits per heavy atom. The Balaban J connectivity index is 5.15. The second-order valence-corrected chi connectivity index (χ2v) is 3.93. The van der Waals surface area contributed by atoms with E-state index in [1.165, 1.54) is 0 Å². The standard InChI is InChI=1S/C11H23N3O2/c1-4-7-11(8-5-2,9(12)14-16)10(15)13-6-3/h16H,4-8H2,1-3H3,(H2,12,14)(H,13,15). The van der Waals surface area contributed by atoms with E-state index in [0.717, 1.165) is 12.8 Å². The maximum atomic E-state index is 12.1. The molecule has 16 heavy (non-hydrogen) atoms. The zero-order valence-corrected chi connectivity index (χ0v) is 10.4. The van der Waals surface area contributed by atoms with Gasteiger partial charge in [-0.3, -0.25) is 4.79 Å². The van der Waals surface area contributed by atoms with Gasteiger partial charge in [-0.15, -0.1) is 0 Å². The van der Waals surface area contributed by atoms with Crippen molar-refractivity contribution in [2.24, 2.45) is 16.3 Å². The number of amidine groups is 1. The largest absolute Gasteiger partial charge is 0.409 e. The van der Waals surface area contributed by atoms with Crippen LogP contribution in [-0.2, 0) is 4.79 Å². The minimum Gasteiger partial charge on any atom is -0.409 e. The number of nitrogens with two attached hydrogens (primary N) is 1. The van der Waals surface area contributed by atoms with E-state index >= 15 is 0 Å². The van der Waals surface area contributed by atoms with E-state index in [2.05, 4.69) is 10.5 Å². The van der Waals surface area contributed by atoms with Crippen molar-refractivity contribution in [1.82, 2.24) is 5.32 Å². The van der Waals surface area contributed by atoms with Crippen LogP contribution >= 0.6 is 0 Å². The Morgan fingerprint density at radius 2 is 1.81 bits per heavy atom. The van der Waals surface area contributed by atoms with Gasteiger partial charge in [0.25, 0.3) is 0 Å². The second kappa shape index (κ2) is 7.09. The summed E-state index contributed by atoms with van der Waals surface area (Å²) in [4.78, 5) is 12.1. The predicted molar refractivity (Wildman–Crippen MR) is 64.3 cm³/mol. The van der Waals surface area contributed by atoms with Crippen molar-refractivity contribution < 1.29 is 10.0 Å². The van der Waals surface area contributed by atoms with E-state index in [1.54, 1.807) is 0 Å². The van der Waals surface area contributed by atoms with E-state index in [1.807, 2.05) is 20.8 Å². The van der Waals surface area contributed by atoms with Crippen molar-refractivity contribution in [1.29, 1.82) is 0 Å². The van der Waals surface area contributed by atoms with Crippen LogP contribution in [0.4, 0.5) is 0 Å². The fourth-order valence-corrected chi connectivity index (χ4v) is 2.00. The summed E-state index contributed by atoms with van der Waals surface area (Å²) in [6.07, 6.45) is 2.83. The Morgan fingerprint density at radius 1 is 1.31 bits per heavy atom. The molecule has 0 spiro atoms. The Hall–Kier alpha value is -1.26. The molecule has 0 aliphatic rings. The topological polar surface area (TPSA) is 87.7 Å². The monoisotopic (exact) mass is 229 g/mol. The van der Waals surface area contributed by atoms with Gasteiger partial charge >= 0.3 is 0 Å². The third-order valence-corrected chi connectivity index (χ3v) is 2.72. The van der Waals surface area contributed by atoms with Crippen molar-refractivity contribution in [2.45, 2.75) is 46.5 Å². The molecule has 0 radical (unpaired) electrons. The van der Waals surface area contributed by atoms with Gasteiger partial charge in [0.05, 0.1) is 0 Å². The minimum absolute atomic E-state index is 0.0159. The minimum atomic E-state index is -0.853. The number of hydrogen-bond acceptors (Lipinski definition) is 3. The molecule has 0 aromatic carbocycles. The van der Waals surface area contributed by atoms with E-state index < -0.39 is 5.41 Å². The molecule has 4 N–H and O–H groups in total. The third-order valence-electron chi connectivity index (χ3n) is 2.72. The molecule has 0 aromatic heterocycles. The van der Waals surface area contributed by atoms with Crippen molar-refractivity contribution in [2.75, 3.05) is 6.54 Å². The molecular formula is C11H23N3O2. The van der Waals surface area contributed by atoms with Gasteiger partial charge < -0.3 is 16.3 Å². The van der Waals surface area contributed by atoms with Crippen LogP contribution in [0.3, 0.4) is 0 Å². The van der Waals surface area contributed by atoms with Crippen LogP contribution in [0.5, 0.6) is 0 Å². The molecule has 94 valence electrons. The quantitative estimate of drug-likeness (QED) is 0.267. The number of nitrogens with one attached hydrogen (secondary N) is 1. The molecule has 5 nitrogen and oxygen atoms in total. The lowest BCUT2D eigenvalue weighted by atomic mass is 9.77. The lowest BCUT2D eigenvalue weighted by molar-refractivity contribution is -0.128. The number of rotatable bonds is 7. The molecule has 0 unspecified atom stereocenters. The number of nitrogens with zero attached hydrogens (tertiary/aromatic N) is 1. The van der Waals surface area contributed by atoms with Crippen LogP contribution in [0, 0.1) is 5.41 Å². The van der Waals surface area contributed by atoms with Crippen molar-refractivity contribution >= 4 is 11.7 Å². The van der Waals surface area contributed by atoms with E-state index in [0.29, 0.717) is 19.4 Å². The van der Waals surface area contributed by atoms with Crippen LogP contribution in [0.2, 0.25) is 0 Å². The first kappa shape index (κ1) is 14.7. The van der Waals surface area contributed by atoms with Gasteiger partial charge in [0.2, 0.25) is 5.91 Å². The summed E-state index contributed by atoms with van der Waals surface area (Å²) in [5.41, 5.74) is 4.84. The molecule has 1 amide bonds. The Kier molecular flexibility index (Phi) is 6.53. The lowest BCUT2D eigenvalue weighted by Gasteiger charge is -2.30. The molecular weight excluding hydrogens is 206 g/mol.